The van der Waals surface area contributed by atoms with E-state index in [4.69, 9.17) is 4.74 Å². The highest BCUT2D eigenvalue weighted by Gasteiger charge is 2.23. The summed E-state index contributed by atoms with van der Waals surface area (Å²) in [5.41, 5.74) is 1.63. The van der Waals surface area contributed by atoms with Crippen LogP contribution in [0.4, 0.5) is 5.69 Å². The molecule has 1 aliphatic heterocycles. The highest BCUT2D eigenvalue weighted by Crippen LogP contribution is 2.32. The molecular weight excluding hydrogens is 336 g/mol. The molecule has 5 nitrogen and oxygen atoms in total. The first-order valence-electron chi connectivity index (χ1n) is 6.31. The van der Waals surface area contributed by atoms with Crippen molar-refractivity contribution in [2.45, 2.75) is 4.83 Å². The van der Waals surface area contributed by atoms with Gasteiger partial charge in [-0.2, -0.15) is 0 Å². The lowest BCUT2D eigenvalue weighted by Crippen LogP contribution is -2.25. The summed E-state index contributed by atoms with van der Waals surface area (Å²) in [6.07, 6.45) is 1.64. The van der Waals surface area contributed by atoms with E-state index < -0.39 is 4.83 Å². The molecule has 0 radical (unpaired) electrons. The Hall–Kier alpha value is -2.21. The molecule has 1 amide bonds. The van der Waals surface area contributed by atoms with Gasteiger partial charge in [0.15, 0.2) is 12.4 Å². The number of hydrogen-bond donors (Lipinski definition) is 1. The zero-order chi connectivity index (χ0) is 14.8. The Morgan fingerprint density at radius 2 is 2.19 bits per heavy atom. The molecule has 0 aliphatic carbocycles. The number of alkyl halides is 1. The van der Waals surface area contributed by atoms with Gasteiger partial charge in [0.2, 0.25) is 0 Å². The number of carbonyl (C=O) groups excluding carboxylic acids is 2. The van der Waals surface area contributed by atoms with E-state index in [1.807, 2.05) is 6.07 Å². The van der Waals surface area contributed by atoms with Crippen LogP contribution in [0.1, 0.15) is 20.9 Å². The largest absolute Gasteiger partial charge is 0.482 e. The summed E-state index contributed by atoms with van der Waals surface area (Å²) in [6.45, 7) is -0.00466. The number of ketones is 1. The van der Waals surface area contributed by atoms with Gasteiger partial charge >= 0.3 is 0 Å². The molecule has 3 rings (SSSR count). The number of anilines is 1. The maximum atomic E-state index is 12.5. The third kappa shape index (κ3) is 2.80. The number of nitrogens with one attached hydrogen (secondary N) is 1. The minimum Gasteiger partial charge on any atom is -0.482 e. The number of carbonyl (C=O) groups is 2. The van der Waals surface area contributed by atoms with Gasteiger partial charge in [-0.3, -0.25) is 14.6 Å². The molecule has 0 saturated carbocycles. The summed E-state index contributed by atoms with van der Waals surface area (Å²) in [6, 6.07) is 10.4. The predicted molar refractivity (Wildman–Crippen MR) is 80.8 cm³/mol. The molecule has 21 heavy (non-hydrogen) atoms. The zero-order valence-electron chi connectivity index (χ0n) is 10.9. The monoisotopic (exact) mass is 346 g/mol. The molecule has 1 atom stereocenters. The SMILES string of the molecule is O=C1COc2ccc(C(=O)C(Br)c3ccccn3)cc2N1. The van der Waals surface area contributed by atoms with E-state index in [2.05, 4.69) is 26.2 Å². The number of hydrogen-bond acceptors (Lipinski definition) is 4. The summed E-state index contributed by atoms with van der Waals surface area (Å²) in [5.74, 6) is 0.207. The van der Waals surface area contributed by atoms with E-state index in [0.29, 0.717) is 22.7 Å². The number of benzene rings is 1. The van der Waals surface area contributed by atoms with Crippen molar-refractivity contribution >= 4 is 33.3 Å². The van der Waals surface area contributed by atoms with Gasteiger partial charge in [0, 0.05) is 11.8 Å². The van der Waals surface area contributed by atoms with Gasteiger partial charge in [0.25, 0.3) is 5.91 Å². The van der Waals surface area contributed by atoms with Crippen molar-refractivity contribution in [3.8, 4) is 5.75 Å². The van der Waals surface area contributed by atoms with Gasteiger partial charge < -0.3 is 10.1 Å². The van der Waals surface area contributed by atoms with Crippen molar-refractivity contribution < 1.29 is 14.3 Å². The Balaban J connectivity index is 1.88. The molecule has 1 unspecified atom stereocenters. The number of Topliss-reactive ketones (excluding diaryl/α,β-unsaturated/α-hetero) is 1. The van der Waals surface area contributed by atoms with E-state index in [0.717, 1.165) is 0 Å². The molecule has 106 valence electrons. The van der Waals surface area contributed by atoms with Crippen LogP contribution < -0.4 is 10.1 Å². The lowest BCUT2D eigenvalue weighted by atomic mass is 10.0. The minimum absolute atomic E-state index is 0.00466. The summed E-state index contributed by atoms with van der Waals surface area (Å²) in [5, 5.41) is 2.69. The van der Waals surface area contributed by atoms with Crippen LogP contribution in [-0.2, 0) is 4.79 Å². The molecule has 0 fully saturated rings. The number of halogens is 1. The highest BCUT2D eigenvalue weighted by atomic mass is 79.9. The zero-order valence-corrected chi connectivity index (χ0v) is 12.5. The molecule has 1 aromatic carbocycles. The van der Waals surface area contributed by atoms with E-state index in [1.165, 1.54) is 0 Å². The summed E-state index contributed by atoms with van der Waals surface area (Å²) < 4.78 is 5.27. The maximum absolute atomic E-state index is 12.5. The first kappa shape index (κ1) is 13.8. The van der Waals surface area contributed by atoms with Crippen LogP contribution in [0.15, 0.2) is 42.6 Å². The third-order valence-electron chi connectivity index (χ3n) is 3.07. The van der Waals surface area contributed by atoms with Crippen LogP contribution in [-0.4, -0.2) is 23.3 Å². The highest BCUT2D eigenvalue weighted by molar-refractivity contribution is 9.09. The van der Waals surface area contributed by atoms with Gasteiger partial charge in [-0.15, -0.1) is 0 Å². The fraction of sp³-hybridized carbons (Fsp3) is 0.133. The lowest BCUT2D eigenvalue weighted by molar-refractivity contribution is -0.118. The number of ether oxygens (including phenoxy) is 1. The minimum atomic E-state index is -0.531. The van der Waals surface area contributed by atoms with E-state index in [9.17, 15) is 9.59 Å². The van der Waals surface area contributed by atoms with Crippen molar-refractivity contribution in [1.29, 1.82) is 0 Å². The Morgan fingerprint density at radius 3 is 2.95 bits per heavy atom. The average Bonchev–Trinajstić information content (AvgIpc) is 2.53. The molecule has 0 bridgehead atoms. The van der Waals surface area contributed by atoms with Crippen LogP contribution in [0.25, 0.3) is 0 Å². The molecule has 6 heteroatoms. The Kier molecular flexibility index (Phi) is 3.70. The predicted octanol–water partition coefficient (Wildman–Crippen LogP) is 2.73. The molecule has 0 spiro atoms. The van der Waals surface area contributed by atoms with E-state index >= 15 is 0 Å². The van der Waals surface area contributed by atoms with Crippen LogP contribution in [0.5, 0.6) is 5.75 Å². The lowest BCUT2D eigenvalue weighted by Gasteiger charge is -2.18. The molecule has 1 aromatic heterocycles. The first-order chi connectivity index (χ1) is 10.1. The van der Waals surface area contributed by atoms with Crippen molar-refractivity contribution in [3.05, 3.63) is 53.9 Å². The molecule has 2 aromatic rings. The van der Waals surface area contributed by atoms with Gasteiger partial charge in [0.05, 0.1) is 11.4 Å². The molecule has 1 N–H and O–H groups in total. The van der Waals surface area contributed by atoms with Crippen molar-refractivity contribution in [2.24, 2.45) is 0 Å². The number of fused-ring (bicyclic) bond motifs is 1. The quantitative estimate of drug-likeness (QED) is 0.685. The first-order valence-corrected chi connectivity index (χ1v) is 7.22. The number of pyridine rings is 1. The van der Waals surface area contributed by atoms with Crippen LogP contribution >= 0.6 is 15.9 Å². The number of aromatic nitrogens is 1. The fourth-order valence-electron chi connectivity index (χ4n) is 2.04. The van der Waals surface area contributed by atoms with Crippen LogP contribution in [0.3, 0.4) is 0 Å². The summed E-state index contributed by atoms with van der Waals surface area (Å²) in [4.78, 5) is 27.4. The molecule has 1 aliphatic rings. The van der Waals surface area contributed by atoms with Crippen LogP contribution in [0.2, 0.25) is 0 Å². The Morgan fingerprint density at radius 1 is 1.33 bits per heavy atom. The van der Waals surface area contributed by atoms with E-state index in [1.54, 1.807) is 36.5 Å². The van der Waals surface area contributed by atoms with Crippen molar-refractivity contribution in [3.63, 3.8) is 0 Å². The Labute approximate surface area is 129 Å². The standard InChI is InChI=1S/C15H11BrN2O3/c16-14(10-3-1-2-6-17-10)15(20)9-4-5-12-11(7-9)18-13(19)8-21-12/h1-7,14H,8H2,(H,18,19). The number of amides is 1. The molecular formula is C15H11BrN2O3. The average molecular weight is 347 g/mol. The van der Waals surface area contributed by atoms with Gasteiger partial charge in [-0.1, -0.05) is 22.0 Å². The Bertz CT molecular complexity index is 703. The maximum Gasteiger partial charge on any atom is 0.262 e. The fourth-order valence-corrected chi connectivity index (χ4v) is 2.58. The number of rotatable bonds is 3. The topological polar surface area (TPSA) is 68.3 Å². The normalized spacial score (nSPS) is 14.6. The smallest absolute Gasteiger partial charge is 0.262 e. The van der Waals surface area contributed by atoms with Crippen molar-refractivity contribution in [1.82, 2.24) is 4.98 Å². The third-order valence-corrected chi connectivity index (χ3v) is 3.96. The second-order valence-electron chi connectivity index (χ2n) is 4.53. The molecule has 0 saturated heterocycles. The van der Waals surface area contributed by atoms with Crippen LogP contribution in [0, 0.1) is 0 Å². The summed E-state index contributed by atoms with van der Waals surface area (Å²) >= 11 is 3.37. The van der Waals surface area contributed by atoms with Gasteiger partial charge in [0.1, 0.15) is 10.6 Å². The second kappa shape index (κ2) is 5.65. The summed E-state index contributed by atoms with van der Waals surface area (Å²) in [7, 11) is 0. The van der Waals surface area contributed by atoms with E-state index in [-0.39, 0.29) is 18.3 Å². The van der Waals surface area contributed by atoms with Gasteiger partial charge in [-0.25, -0.2) is 0 Å². The van der Waals surface area contributed by atoms with Crippen molar-refractivity contribution in [2.75, 3.05) is 11.9 Å². The molecule has 2 heterocycles. The number of nitrogens with zero attached hydrogens (tertiary/aromatic N) is 1. The second-order valence-corrected chi connectivity index (χ2v) is 5.44. The van der Waals surface area contributed by atoms with Gasteiger partial charge in [-0.05, 0) is 30.3 Å².